The zero-order valence-corrected chi connectivity index (χ0v) is 10.7. The van der Waals surface area contributed by atoms with Crippen molar-refractivity contribution in [1.82, 2.24) is 14.5 Å². The van der Waals surface area contributed by atoms with Gasteiger partial charge in [-0.25, -0.2) is 9.78 Å². The number of hydrogen-bond acceptors (Lipinski definition) is 4. The Kier molecular flexibility index (Phi) is 2.53. The maximum absolute atomic E-state index is 11.5. The highest BCUT2D eigenvalue weighted by Crippen LogP contribution is 2.25. The fraction of sp³-hybridized carbons (Fsp3) is 0.231. The Hall–Kier alpha value is -2.34. The highest BCUT2D eigenvalue weighted by molar-refractivity contribution is 5.80. The first-order chi connectivity index (χ1) is 9.10. The fourth-order valence-electron chi connectivity index (χ4n) is 2.21. The fourth-order valence-corrected chi connectivity index (χ4v) is 2.21. The molecule has 0 saturated heterocycles. The highest BCUT2D eigenvalue weighted by Gasteiger charge is 2.12. The lowest BCUT2D eigenvalue weighted by molar-refractivity contribution is 0.528. The predicted molar refractivity (Wildman–Crippen MR) is 71.7 cm³/mol. The molecule has 1 aromatic carbocycles. The van der Waals surface area contributed by atoms with E-state index in [-0.39, 0.29) is 5.76 Å². The van der Waals surface area contributed by atoms with Crippen molar-refractivity contribution < 1.29 is 4.42 Å². The van der Waals surface area contributed by atoms with E-state index in [9.17, 15) is 4.79 Å². The van der Waals surface area contributed by atoms with Crippen molar-refractivity contribution in [1.29, 1.82) is 0 Å². The molecule has 0 aliphatic rings. The normalized spacial score (nSPS) is 11.3. The van der Waals surface area contributed by atoms with E-state index in [2.05, 4.69) is 9.97 Å². The third-order valence-corrected chi connectivity index (χ3v) is 3.17. The van der Waals surface area contributed by atoms with Gasteiger partial charge in [-0.2, -0.15) is 0 Å². The molecule has 0 bridgehead atoms. The topological polar surface area (TPSA) is 89.8 Å². The molecule has 0 saturated carbocycles. The van der Waals surface area contributed by atoms with Crippen molar-refractivity contribution >= 4 is 11.1 Å². The largest absolute Gasteiger partial charge is 0.419 e. The van der Waals surface area contributed by atoms with Crippen molar-refractivity contribution in [3.05, 3.63) is 40.3 Å². The van der Waals surface area contributed by atoms with Crippen LogP contribution >= 0.6 is 0 Å². The van der Waals surface area contributed by atoms with Gasteiger partial charge in [0, 0.05) is 19.2 Å². The van der Waals surface area contributed by atoms with Crippen LogP contribution in [0.1, 0.15) is 11.5 Å². The quantitative estimate of drug-likeness (QED) is 0.724. The molecule has 6 nitrogen and oxygen atoms in total. The summed E-state index contributed by atoms with van der Waals surface area (Å²) in [7, 11) is 1.68. The second kappa shape index (κ2) is 4.10. The maximum Gasteiger partial charge on any atom is 0.419 e. The van der Waals surface area contributed by atoms with Crippen LogP contribution in [0.2, 0.25) is 0 Å². The SMILES string of the molecule is Cc1nc(-c2ccc3c(c2)oc(=O)n3C)c(CN)[nH]1. The Balaban J connectivity index is 2.23. The molecule has 3 N–H and O–H groups in total. The first kappa shape index (κ1) is 11.7. The summed E-state index contributed by atoms with van der Waals surface area (Å²) in [5.74, 6) is 0.439. The molecule has 2 heterocycles. The van der Waals surface area contributed by atoms with Gasteiger partial charge in [-0.15, -0.1) is 0 Å². The minimum atomic E-state index is -0.371. The summed E-state index contributed by atoms with van der Waals surface area (Å²) in [4.78, 5) is 19.0. The van der Waals surface area contributed by atoms with Crippen LogP contribution in [0.5, 0.6) is 0 Å². The van der Waals surface area contributed by atoms with Crippen molar-refractivity contribution in [2.45, 2.75) is 13.5 Å². The Morgan fingerprint density at radius 2 is 2.26 bits per heavy atom. The average molecular weight is 258 g/mol. The summed E-state index contributed by atoms with van der Waals surface area (Å²) in [5.41, 5.74) is 9.55. The van der Waals surface area contributed by atoms with Crippen molar-refractivity contribution in [2.75, 3.05) is 0 Å². The van der Waals surface area contributed by atoms with Gasteiger partial charge in [-0.1, -0.05) is 6.07 Å². The zero-order valence-electron chi connectivity index (χ0n) is 10.7. The molecule has 0 aliphatic heterocycles. The average Bonchev–Trinajstić information content (AvgIpc) is 2.91. The standard InChI is InChI=1S/C13H14N4O2/c1-7-15-9(6-14)12(16-7)8-3-4-10-11(5-8)19-13(18)17(10)2/h3-5H,6,14H2,1-2H3,(H,15,16). The molecule has 0 radical (unpaired) electrons. The van der Waals surface area contributed by atoms with E-state index >= 15 is 0 Å². The van der Waals surface area contributed by atoms with E-state index in [0.29, 0.717) is 12.1 Å². The number of oxazole rings is 1. The molecule has 0 aliphatic carbocycles. The Morgan fingerprint density at radius 3 is 3.00 bits per heavy atom. The van der Waals surface area contributed by atoms with Gasteiger partial charge in [0.1, 0.15) is 5.82 Å². The number of nitrogens with one attached hydrogen (secondary N) is 1. The Bertz CT molecular complexity index is 810. The van der Waals surface area contributed by atoms with Crippen molar-refractivity contribution in [2.24, 2.45) is 12.8 Å². The summed E-state index contributed by atoms with van der Waals surface area (Å²) in [6, 6.07) is 5.57. The van der Waals surface area contributed by atoms with Crippen LogP contribution in [0.25, 0.3) is 22.4 Å². The number of fused-ring (bicyclic) bond motifs is 1. The molecule has 0 unspecified atom stereocenters. The van der Waals surface area contributed by atoms with Gasteiger partial charge < -0.3 is 15.1 Å². The molecule has 98 valence electrons. The number of nitrogens with two attached hydrogens (primary N) is 1. The molecule has 0 atom stereocenters. The van der Waals surface area contributed by atoms with Crippen LogP contribution < -0.4 is 11.5 Å². The molecule has 2 aromatic heterocycles. The van der Waals surface area contributed by atoms with E-state index in [4.69, 9.17) is 10.2 Å². The van der Waals surface area contributed by atoms with E-state index < -0.39 is 0 Å². The lowest BCUT2D eigenvalue weighted by Crippen LogP contribution is -2.08. The monoisotopic (exact) mass is 258 g/mol. The maximum atomic E-state index is 11.5. The number of benzene rings is 1. The molecule has 0 fully saturated rings. The van der Waals surface area contributed by atoms with E-state index in [1.165, 1.54) is 4.57 Å². The van der Waals surface area contributed by atoms with Gasteiger partial charge in [0.05, 0.1) is 16.9 Å². The van der Waals surface area contributed by atoms with Crippen LogP contribution in [0.4, 0.5) is 0 Å². The number of aromatic nitrogens is 3. The molecular formula is C13H14N4O2. The number of H-pyrrole nitrogens is 1. The van der Waals surface area contributed by atoms with Crippen molar-refractivity contribution in [3.8, 4) is 11.3 Å². The summed E-state index contributed by atoms with van der Waals surface area (Å²) in [5, 5.41) is 0. The first-order valence-corrected chi connectivity index (χ1v) is 5.95. The molecule has 0 spiro atoms. The van der Waals surface area contributed by atoms with Crippen LogP contribution in [0.3, 0.4) is 0 Å². The molecule has 3 aromatic rings. The lowest BCUT2D eigenvalue weighted by atomic mass is 10.1. The first-order valence-electron chi connectivity index (χ1n) is 5.95. The van der Waals surface area contributed by atoms with Gasteiger partial charge in [0.2, 0.25) is 0 Å². The molecular weight excluding hydrogens is 244 g/mol. The predicted octanol–water partition coefficient (Wildman–Crippen LogP) is 1.29. The zero-order chi connectivity index (χ0) is 13.6. The second-order valence-corrected chi connectivity index (χ2v) is 4.46. The molecule has 19 heavy (non-hydrogen) atoms. The minimum Gasteiger partial charge on any atom is -0.408 e. The number of nitrogens with zero attached hydrogens (tertiary/aromatic N) is 2. The second-order valence-electron chi connectivity index (χ2n) is 4.46. The molecule has 6 heteroatoms. The van der Waals surface area contributed by atoms with Crippen LogP contribution in [0, 0.1) is 6.92 Å². The number of imidazole rings is 1. The molecule has 3 rings (SSSR count). The van der Waals surface area contributed by atoms with Gasteiger partial charge in [0.25, 0.3) is 0 Å². The summed E-state index contributed by atoms with van der Waals surface area (Å²) in [6.45, 7) is 2.26. The smallest absolute Gasteiger partial charge is 0.408 e. The summed E-state index contributed by atoms with van der Waals surface area (Å²) < 4.78 is 6.65. The summed E-state index contributed by atoms with van der Waals surface area (Å²) >= 11 is 0. The number of rotatable bonds is 2. The summed E-state index contributed by atoms with van der Waals surface area (Å²) in [6.07, 6.45) is 0. The van der Waals surface area contributed by atoms with Crippen LogP contribution in [-0.4, -0.2) is 14.5 Å². The number of aryl methyl sites for hydroxylation is 2. The van der Waals surface area contributed by atoms with Gasteiger partial charge >= 0.3 is 5.76 Å². The van der Waals surface area contributed by atoms with E-state index in [1.807, 2.05) is 25.1 Å². The van der Waals surface area contributed by atoms with E-state index in [0.717, 1.165) is 28.3 Å². The van der Waals surface area contributed by atoms with Crippen molar-refractivity contribution in [3.63, 3.8) is 0 Å². The third-order valence-electron chi connectivity index (χ3n) is 3.17. The molecule has 0 amide bonds. The van der Waals surface area contributed by atoms with E-state index in [1.54, 1.807) is 7.05 Å². The van der Waals surface area contributed by atoms with Gasteiger partial charge in [0.15, 0.2) is 5.58 Å². The third kappa shape index (κ3) is 1.77. The number of hydrogen-bond donors (Lipinski definition) is 2. The lowest BCUT2D eigenvalue weighted by Gasteiger charge is -2.00. The number of aromatic amines is 1. The van der Waals surface area contributed by atoms with Gasteiger partial charge in [-0.05, 0) is 19.1 Å². The van der Waals surface area contributed by atoms with Crippen LogP contribution in [-0.2, 0) is 13.6 Å². The Morgan fingerprint density at radius 1 is 1.47 bits per heavy atom. The highest BCUT2D eigenvalue weighted by atomic mass is 16.4. The Labute approximate surface area is 108 Å². The minimum absolute atomic E-state index is 0.371. The van der Waals surface area contributed by atoms with Gasteiger partial charge in [-0.3, -0.25) is 4.57 Å². The van der Waals surface area contributed by atoms with Crippen LogP contribution in [0.15, 0.2) is 27.4 Å².